The number of amides is 1. The maximum atomic E-state index is 11.4. The number of hydrogen-bond acceptors (Lipinski definition) is 1. The molecule has 1 atom stereocenters. The molecule has 0 aliphatic heterocycles. The lowest BCUT2D eigenvalue weighted by Crippen LogP contribution is -2.35. The largest absolute Gasteiger partial charge is 0.450 e. The normalized spacial score (nSPS) is 13.3. The second-order valence-corrected chi connectivity index (χ2v) is 1.55. The van der Waals surface area contributed by atoms with Gasteiger partial charge in [0.25, 0.3) is 6.43 Å². The fourth-order valence-electron chi connectivity index (χ4n) is 0.249. The Morgan fingerprint density at radius 1 is 1.56 bits per heavy atom. The third-order valence-electron chi connectivity index (χ3n) is 0.723. The summed E-state index contributed by atoms with van der Waals surface area (Å²) in [5, 5.41) is 11.1. The molecule has 0 aliphatic carbocycles. The minimum Gasteiger partial charge on any atom is -0.310 e. The number of hydrogen-bond donors (Lipinski definition) is 1. The molecule has 5 heteroatoms. The predicted octanol–water partition coefficient (Wildman–Crippen LogP) is 0.780. The monoisotopic (exact) mass is 138 g/mol. The fraction of sp³-hybridized carbons (Fsp3) is 0.750. The number of rotatable bonds is 2. The van der Waals surface area contributed by atoms with Gasteiger partial charge < -0.3 is 5.32 Å². The molecule has 0 rings (SSSR count). The van der Waals surface area contributed by atoms with Crippen molar-refractivity contribution in [1.29, 1.82) is 0 Å². The lowest BCUT2D eigenvalue weighted by Gasteiger charge is -2.06. The smallest absolute Gasteiger partial charge is 0.310 e. The van der Waals surface area contributed by atoms with Gasteiger partial charge >= 0.3 is 6.09 Å². The van der Waals surface area contributed by atoms with Crippen LogP contribution in [-0.2, 0) is 5.11 Å². The SMILES string of the molecule is C[C@H](NC([O])=O)C(F)F. The van der Waals surface area contributed by atoms with E-state index in [1.165, 1.54) is 5.32 Å². The van der Waals surface area contributed by atoms with Gasteiger partial charge in [-0.05, 0) is 6.92 Å². The second kappa shape index (κ2) is 3.21. The molecule has 0 fully saturated rings. The van der Waals surface area contributed by atoms with Crippen molar-refractivity contribution >= 4 is 6.09 Å². The highest BCUT2D eigenvalue weighted by Gasteiger charge is 2.16. The Morgan fingerprint density at radius 3 is 2.11 bits per heavy atom. The van der Waals surface area contributed by atoms with Gasteiger partial charge in [-0.15, -0.1) is 0 Å². The molecular formula is C4H6F2NO2. The van der Waals surface area contributed by atoms with Crippen LogP contribution in [0.25, 0.3) is 0 Å². The van der Waals surface area contributed by atoms with Gasteiger partial charge in [0.05, 0.1) is 6.04 Å². The number of carbonyl (C=O) groups is 1. The van der Waals surface area contributed by atoms with Crippen LogP contribution in [0.3, 0.4) is 0 Å². The van der Waals surface area contributed by atoms with Crippen LogP contribution in [0.2, 0.25) is 0 Å². The fourth-order valence-corrected chi connectivity index (χ4v) is 0.249. The average molecular weight is 138 g/mol. The van der Waals surface area contributed by atoms with Gasteiger partial charge in [0.15, 0.2) is 0 Å². The van der Waals surface area contributed by atoms with Crippen LogP contribution in [0, 0.1) is 0 Å². The topological polar surface area (TPSA) is 49.0 Å². The van der Waals surface area contributed by atoms with Crippen molar-refractivity contribution in [3.63, 3.8) is 0 Å². The van der Waals surface area contributed by atoms with Gasteiger partial charge in [-0.25, -0.2) is 18.7 Å². The van der Waals surface area contributed by atoms with Crippen LogP contribution < -0.4 is 5.32 Å². The third kappa shape index (κ3) is 3.69. The van der Waals surface area contributed by atoms with E-state index in [9.17, 15) is 18.7 Å². The summed E-state index contributed by atoms with van der Waals surface area (Å²) in [5.41, 5.74) is 0. The highest BCUT2D eigenvalue weighted by Crippen LogP contribution is 1.98. The summed E-state index contributed by atoms with van der Waals surface area (Å²) in [6.07, 6.45) is -4.36. The first-order valence-corrected chi connectivity index (χ1v) is 2.29. The maximum Gasteiger partial charge on any atom is 0.450 e. The Bertz CT molecular complexity index is 107. The molecule has 1 radical (unpaired) electrons. The van der Waals surface area contributed by atoms with Crippen LogP contribution in [-0.4, -0.2) is 18.6 Å². The van der Waals surface area contributed by atoms with E-state index in [-0.39, 0.29) is 0 Å². The standard InChI is InChI=1S/C4H6F2NO2/c1-2(3(5)6)7-4(8)9/h2-3,7H,1H3/t2-/m0/s1. The van der Waals surface area contributed by atoms with Gasteiger partial charge in [-0.2, -0.15) is 0 Å². The lowest BCUT2D eigenvalue weighted by atomic mass is 10.4. The number of alkyl halides is 2. The molecule has 3 nitrogen and oxygen atoms in total. The Morgan fingerprint density at radius 2 is 2.00 bits per heavy atom. The lowest BCUT2D eigenvalue weighted by molar-refractivity contribution is 0.0961. The average Bonchev–Trinajstić information content (AvgIpc) is 1.63. The molecule has 1 N–H and O–H groups in total. The van der Waals surface area contributed by atoms with Gasteiger partial charge in [0.1, 0.15) is 0 Å². The minimum atomic E-state index is -2.68. The molecule has 0 bridgehead atoms. The molecule has 0 aromatic heterocycles. The highest BCUT2D eigenvalue weighted by molar-refractivity contribution is 5.64. The molecule has 0 spiro atoms. The van der Waals surface area contributed by atoms with Gasteiger partial charge in [0.2, 0.25) is 0 Å². The van der Waals surface area contributed by atoms with Crippen molar-refractivity contribution in [2.75, 3.05) is 0 Å². The first-order valence-electron chi connectivity index (χ1n) is 2.29. The van der Waals surface area contributed by atoms with E-state index in [1.54, 1.807) is 0 Å². The van der Waals surface area contributed by atoms with E-state index in [0.29, 0.717) is 0 Å². The van der Waals surface area contributed by atoms with Crippen LogP contribution >= 0.6 is 0 Å². The molecule has 0 saturated carbocycles. The molecule has 0 unspecified atom stereocenters. The van der Waals surface area contributed by atoms with E-state index < -0.39 is 18.6 Å². The van der Waals surface area contributed by atoms with E-state index in [4.69, 9.17) is 0 Å². The zero-order valence-electron chi connectivity index (χ0n) is 4.73. The van der Waals surface area contributed by atoms with Gasteiger partial charge in [-0.3, -0.25) is 0 Å². The quantitative estimate of drug-likeness (QED) is 0.602. The summed E-state index contributed by atoms with van der Waals surface area (Å²) >= 11 is 0. The Hall–Kier alpha value is -0.870. The first kappa shape index (κ1) is 8.13. The summed E-state index contributed by atoms with van der Waals surface area (Å²) in [6, 6.07) is -1.35. The van der Waals surface area contributed by atoms with E-state index in [2.05, 4.69) is 0 Å². The molecule has 1 amide bonds. The van der Waals surface area contributed by atoms with Crippen LogP contribution in [0.1, 0.15) is 6.92 Å². The van der Waals surface area contributed by atoms with Crippen molar-refractivity contribution in [1.82, 2.24) is 5.32 Å². The van der Waals surface area contributed by atoms with E-state index in [1.807, 2.05) is 0 Å². The number of halogens is 2. The van der Waals surface area contributed by atoms with Crippen molar-refractivity contribution in [2.24, 2.45) is 0 Å². The number of carbonyl (C=O) groups excluding carboxylic acids is 1. The molecule has 0 aromatic rings. The van der Waals surface area contributed by atoms with Crippen LogP contribution in [0.5, 0.6) is 0 Å². The summed E-state index contributed by atoms with van der Waals surface area (Å²) < 4.78 is 22.9. The summed E-state index contributed by atoms with van der Waals surface area (Å²) in [6.45, 7) is 1.06. The molecule has 0 heterocycles. The predicted molar refractivity (Wildman–Crippen MR) is 24.7 cm³/mol. The maximum absolute atomic E-state index is 11.4. The van der Waals surface area contributed by atoms with Crippen molar-refractivity contribution < 1.29 is 18.7 Å². The first-order chi connectivity index (χ1) is 4.04. The Kier molecular flexibility index (Phi) is 2.90. The molecule has 53 valence electrons. The molecule has 0 aromatic carbocycles. The Labute approximate surface area is 50.7 Å². The summed E-state index contributed by atoms with van der Waals surface area (Å²) in [5.74, 6) is 0. The molecule has 0 aliphatic rings. The van der Waals surface area contributed by atoms with Crippen LogP contribution in [0.4, 0.5) is 13.6 Å². The van der Waals surface area contributed by atoms with Gasteiger partial charge in [0, 0.05) is 0 Å². The zero-order valence-corrected chi connectivity index (χ0v) is 4.73. The summed E-state index contributed by atoms with van der Waals surface area (Å²) in [7, 11) is 0. The minimum absolute atomic E-state index is 1.06. The second-order valence-electron chi connectivity index (χ2n) is 1.55. The van der Waals surface area contributed by atoms with Crippen molar-refractivity contribution in [3.8, 4) is 0 Å². The van der Waals surface area contributed by atoms with Crippen molar-refractivity contribution in [2.45, 2.75) is 19.4 Å². The number of nitrogens with one attached hydrogen (secondary N) is 1. The van der Waals surface area contributed by atoms with E-state index >= 15 is 0 Å². The van der Waals surface area contributed by atoms with Crippen molar-refractivity contribution in [3.05, 3.63) is 0 Å². The van der Waals surface area contributed by atoms with E-state index in [0.717, 1.165) is 6.92 Å². The Balaban J connectivity index is 3.50. The molecule has 9 heavy (non-hydrogen) atoms. The molecular weight excluding hydrogens is 132 g/mol. The van der Waals surface area contributed by atoms with Crippen LogP contribution in [0.15, 0.2) is 0 Å². The zero-order chi connectivity index (χ0) is 7.44. The summed E-state index contributed by atoms with van der Waals surface area (Å²) in [4.78, 5) is 9.56. The van der Waals surface area contributed by atoms with Gasteiger partial charge in [-0.1, -0.05) is 0 Å². The molecule has 0 saturated heterocycles. The third-order valence-corrected chi connectivity index (χ3v) is 0.723. The highest BCUT2D eigenvalue weighted by atomic mass is 19.3.